The number of hydrogen-bond donors (Lipinski definition) is 1. The number of nitrogens with zero attached hydrogens (tertiary/aromatic N) is 1. The van der Waals surface area contributed by atoms with Crippen LogP contribution in [0.4, 0.5) is 5.69 Å². The van der Waals surface area contributed by atoms with Gasteiger partial charge in [0, 0.05) is 12.0 Å². The molecule has 0 spiro atoms. The van der Waals surface area contributed by atoms with Gasteiger partial charge < -0.3 is 14.8 Å². The molecule has 3 aromatic carbocycles. The molecule has 0 bridgehead atoms. The molecule has 2 aliphatic heterocycles. The average molecular weight is 563 g/mol. The van der Waals surface area contributed by atoms with Gasteiger partial charge in [0.15, 0.2) is 6.10 Å². The van der Waals surface area contributed by atoms with Crippen molar-refractivity contribution < 1.29 is 22.7 Å². The topological polar surface area (TPSA) is 84.9 Å². The Balaban J connectivity index is 1.50. The van der Waals surface area contributed by atoms with E-state index in [1.807, 2.05) is 36.4 Å². The zero-order valence-electron chi connectivity index (χ0n) is 23.8. The number of carbonyl (C=O) groups is 1. The smallest absolute Gasteiger partial charge is 0.264 e. The molecule has 5 rings (SSSR count). The number of para-hydroxylation sites is 1. The van der Waals surface area contributed by atoms with E-state index in [4.69, 9.17) is 9.47 Å². The Morgan fingerprint density at radius 2 is 1.65 bits per heavy atom. The first kappa shape index (κ1) is 28.0. The summed E-state index contributed by atoms with van der Waals surface area (Å²) in [4.78, 5) is 14.0. The van der Waals surface area contributed by atoms with Crippen molar-refractivity contribution in [2.24, 2.45) is 0 Å². The predicted octanol–water partition coefficient (Wildman–Crippen LogP) is 6.14. The summed E-state index contributed by atoms with van der Waals surface area (Å²) in [5, 5.41) is 3.18. The van der Waals surface area contributed by atoms with E-state index in [1.54, 1.807) is 36.4 Å². The Morgan fingerprint density at radius 1 is 0.975 bits per heavy atom. The van der Waals surface area contributed by atoms with Crippen LogP contribution in [0.15, 0.2) is 77.7 Å². The number of rotatable bonds is 6. The number of amides is 1. The Hall–Kier alpha value is -3.52. The molecule has 2 heterocycles. The van der Waals surface area contributed by atoms with Gasteiger partial charge in [-0.05, 0) is 54.2 Å². The number of benzene rings is 3. The highest BCUT2D eigenvalue weighted by Crippen LogP contribution is 2.44. The normalized spacial score (nSPS) is 20.0. The van der Waals surface area contributed by atoms with Crippen LogP contribution in [0.25, 0.3) is 0 Å². The van der Waals surface area contributed by atoms with E-state index in [-0.39, 0.29) is 28.8 Å². The molecule has 0 aliphatic carbocycles. The van der Waals surface area contributed by atoms with E-state index in [9.17, 15) is 13.2 Å². The molecule has 8 heteroatoms. The van der Waals surface area contributed by atoms with Crippen molar-refractivity contribution in [2.75, 3.05) is 10.8 Å². The van der Waals surface area contributed by atoms with Crippen LogP contribution >= 0.6 is 0 Å². The quantitative estimate of drug-likeness (QED) is 0.390. The van der Waals surface area contributed by atoms with Gasteiger partial charge in [0.05, 0.1) is 23.2 Å². The minimum Gasteiger partial charge on any atom is -0.487 e. The van der Waals surface area contributed by atoms with Gasteiger partial charge in [-0.2, -0.15) is 0 Å². The van der Waals surface area contributed by atoms with Gasteiger partial charge in [0.1, 0.15) is 17.1 Å². The molecular weight excluding hydrogens is 524 g/mol. The number of hydrogen-bond acceptors (Lipinski definition) is 5. The second kappa shape index (κ2) is 10.5. The molecular formula is C32H38N2O5S. The largest absolute Gasteiger partial charge is 0.487 e. The first-order valence-corrected chi connectivity index (χ1v) is 15.4. The molecule has 1 amide bonds. The Morgan fingerprint density at radius 3 is 2.33 bits per heavy atom. The standard InChI is InChI=1S/C32H38N2O5S/c1-6-32(7-2)20-25(24-15-11-12-16-27(24)39-32)33-30(35)29-21-34(40(36,37)23-13-9-8-10-14-23)26-19-22(31(3,4)5)17-18-28(26)38-29/h8-19,25,29H,6-7,20-21H2,1-5H3,(H,33,35)/t25-,29-/m1/s1. The predicted molar refractivity (Wildman–Crippen MR) is 156 cm³/mol. The SMILES string of the molecule is CCC1(CC)C[C@@H](NC(=O)[C@H]2CN(S(=O)(=O)c3ccccc3)c3cc(C(C)(C)C)ccc3O2)c2ccccc2O1. The number of nitrogens with one attached hydrogen (secondary N) is 1. The van der Waals surface area contributed by atoms with Gasteiger partial charge in [-0.15, -0.1) is 0 Å². The Bertz CT molecular complexity index is 1490. The van der Waals surface area contributed by atoms with Gasteiger partial charge in [0.25, 0.3) is 15.9 Å². The molecule has 0 fully saturated rings. The average Bonchev–Trinajstić information content (AvgIpc) is 2.96. The van der Waals surface area contributed by atoms with Gasteiger partial charge in [-0.1, -0.05) is 77.1 Å². The van der Waals surface area contributed by atoms with Crippen LogP contribution in [-0.2, 0) is 20.2 Å². The van der Waals surface area contributed by atoms with Gasteiger partial charge in [-0.25, -0.2) is 8.42 Å². The number of sulfonamides is 1. The fourth-order valence-electron chi connectivity index (χ4n) is 5.50. The lowest BCUT2D eigenvalue weighted by molar-refractivity contribution is -0.129. The van der Waals surface area contributed by atoms with Gasteiger partial charge in [0.2, 0.25) is 0 Å². The van der Waals surface area contributed by atoms with Crippen LogP contribution in [0.1, 0.15) is 71.0 Å². The van der Waals surface area contributed by atoms with Crippen LogP contribution in [0.3, 0.4) is 0 Å². The maximum Gasteiger partial charge on any atom is 0.264 e. The fraction of sp³-hybridized carbons (Fsp3) is 0.406. The lowest BCUT2D eigenvalue weighted by Gasteiger charge is -2.42. The number of ether oxygens (including phenoxy) is 2. The summed E-state index contributed by atoms with van der Waals surface area (Å²) >= 11 is 0. The molecule has 3 aromatic rings. The number of anilines is 1. The minimum atomic E-state index is -3.96. The summed E-state index contributed by atoms with van der Waals surface area (Å²) < 4.78 is 41.8. The highest BCUT2D eigenvalue weighted by atomic mass is 32.2. The van der Waals surface area contributed by atoms with Gasteiger partial charge in [-0.3, -0.25) is 9.10 Å². The molecule has 0 radical (unpaired) electrons. The molecule has 212 valence electrons. The van der Waals surface area contributed by atoms with E-state index in [0.717, 1.165) is 29.7 Å². The van der Waals surface area contributed by atoms with Crippen LogP contribution in [0, 0.1) is 0 Å². The maximum absolute atomic E-state index is 13.9. The number of carbonyl (C=O) groups excluding carboxylic acids is 1. The van der Waals surface area contributed by atoms with Crippen molar-refractivity contribution >= 4 is 21.6 Å². The van der Waals surface area contributed by atoms with Crippen LogP contribution in [0.5, 0.6) is 11.5 Å². The van der Waals surface area contributed by atoms with Crippen LogP contribution < -0.4 is 19.1 Å². The first-order valence-electron chi connectivity index (χ1n) is 13.9. The lowest BCUT2D eigenvalue weighted by Crippen LogP contribution is -2.53. The molecule has 0 aromatic heterocycles. The summed E-state index contributed by atoms with van der Waals surface area (Å²) in [6.07, 6.45) is 1.19. The van der Waals surface area contributed by atoms with E-state index in [0.29, 0.717) is 17.9 Å². The minimum absolute atomic E-state index is 0.138. The molecule has 2 atom stereocenters. The Labute approximate surface area is 237 Å². The lowest BCUT2D eigenvalue weighted by atomic mass is 9.83. The van der Waals surface area contributed by atoms with Crippen molar-refractivity contribution in [3.63, 3.8) is 0 Å². The summed E-state index contributed by atoms with van der Waals surface area (Å²) in [7, 11) is -3.96. The van der Waals surface area contributed by atoms with E-state index >= 15 is 0 Å². The summed E-state index contributed by atoms with van der Waals surface area (Å²) in [6, 6.07) is 21.3. The number of fused-ring (bicyclic) bond motifs is 2. The van der Waals surface area contributed by atoms with Crippen molar-refractivity contribution in [2.45, 2.75) is 81.9 Å². The molecule has 1 N–H and O–H groups in total. The molecule has 2 aliphatic rings. The van der Waals surface area contributed by atoms with Crippen LogP contribution in [0.2, 0.25) is 0 Å². The first-order chi connectivity index (χ1) is 19.0. The van der Waals surface area contributed by atoms with Crippen LogP contribution in [-0.4, -0.2) is 32.6 Å². The molecule has 0 saturated carbocycles. The summed E-state index contributed by atoms with van der Waals surface area (Å²) in [5.41, 5.74) is 1.73. The van der Waals surface area contributed by atoms with E-state index in [1.165, 1.54) is 4.31 Å². The highest BCUT2D eigenvalue weighted by molar-refractivity contribution is 7.92. The molecule has 0 unspecified atom stereocenters. The highest BCUT2D eigenvalue weighted by Gasteiger charge is 2.42. The zero-order chi connectivity index (χ0) is 28.7. The van der Waals surface area contributed by atoms with Crippen molar-refractivity contribution in [1.82, 2.24) is 5.32 Å². The maximum atomic E-state index is 13.9. The zero-order valence-corrected chi connectivity index (χ0v) is 24.6. The third-order valence-electron chi connectivity index (χ3n) is 8.12. The Kier molecular flexibility index (Phi) is 7.33. The van der Waals surface area contributed by atoms with E-state index in [2.05, 4.69) is 39.9 Å². The third-order valence-corrected chi connectivity index (χ3v) is 9.91. The molecule has 40 heavy (non-hydrogen) atoms. The second-order valence-electron chi connectivity index (χ2n) is 11.7. The third kappa shape index (κ3) is 5.17. The van der Waals surface area contributed by atoms with E-state index < -0.39 is 21.7 Å². The second-order valence-corrected chi connectivity index (χ2v) is 13.5. The fourth-order valence-corrected chi connectivity index (χ4v) is 6.99. The monoisotopic (exact) mass is 562 g/mol. The van der Waals surface area contributed by atoms with Crippen molar-refractivity contribution in [1.29, 1.82) is 0 Å². The summed E-state index contributed by atoms with van der Waals surface area (Å²) in [5.74, 6) is 0.769. The molecule has 7 nitrogen and oxygen atoms in total. The van der Waals surface area contributed by atoms with Crippen molar-refractivity contribution in [3.8, 4) is 11.5 Å². The van der Waals surface area contributed by atoms with Gasteiger partial charge >= 0.3 is 0 Å². The molecule has 0 saturated heterocycles. The van der Waals surface area contributed by atoms with Crippen molar-refractivity contribution in [3.05, 3.63) is 83.9 Å². The summed E-state index contributed by atoms with van der Waals surface area (Å²) in [6.45, 7) is 10.3.